The molecule has 3 rings (SSSR count). The van der Waals surface area contributed by atoms with Gasteiger partial charge in [-0.2, -0.15) is 5.10 Å². The van der Waals surface area contributed by atoms with Gasteiger partial charge in [0.25, 0.3) is 0 Å². The molecule has 2 heterocycles. The standard InChI is InChI=1S/C16H19Cl2N3O/c1-11(10-21-8-3-7-19-21)20-14-4-2-9-22-16-12(14)5-6-13(17)15(16)18/h3,5-8,11,14,20H,2,4,9-10H2,1H3. The van der Waals surface area contributed by atoms with Crippen molar-refractivity contribution < 1.29 is 4.74 Å². The smallest absolute Gasteiger partial charge is 0.144 e. The van der Waals surface area contributed by atoms with Gasteiger partial charge < -0.3 is 10.1 Å². The minimum Gasteiger partial charge on any atom is -0.492 e. The van der Waals surface area contributed by atoms with E-state index in [-0.39, 0.29) is 12.1 Å². The van der Waals surface area contributed by atoms with E-state index in [0.717, 1.165) is 30.7 Å². The minimum absolute atomic E-state index is 0.206. The molecule has 1 N–H and O–H groups in total. The second-order valence-corrected chi connectivity index (χ2v) is 6.40. The molecule has 0 radical (unpaired) electrons. The molecule has 6 heteroatoms. The van der Waals surface area contributed by atoms with Crippen molar-refractivity contribution in [1.29, 1.82) is 0 Å². The van der Waals surface area contributed by atoms with E-state index in [4.69, 9.17) is 27.9 Å². The number of nitrogens with one attached hydrogen (secondary N) is 1. The Morgan fingerprint density at radius 1 is 1.45 bits per heavy atom. The average Bonchev–Trinajstić information content (AvgIpc) is 2.91. The number of benzene rings is 1. The van der Waals surface area contributed by atoms with Gasteiger partial charge in [-0.1, -0.05) is 29.3 Å². The van der Waals surface area contributed by atoms with Gasteiger partial charge in [-0.05, 0) is 31.9 Å². The number of hydrogen-bond donors (Lipinski definition) is 1. The number of hydrogen-bond acceptors (Lipinski definition) is 3. The van der Waals surface area contributed by atoms with Gasteiger partial charge in [0.05, 0.1) is 18.2 Å². The topological polar surface area (TPSA) is 39.1 Å². The summed E-state index contributed by atoms with van der Waals surface area (Å²) < 4.78 is 7.73. The van der Waals surface area contributed by atoms with Crippen LogP contribution in [0, 0.1) is 0 Å². The summed E-state index contributed by atoms with van der Waals surface area (Å²) in [6.45, 7) is 3.64. The van der Waals surface area contributed by atoms with Crippen molar-refractivity contribution in [3.63, 3.8) is 0 Å². The highest BCUT2D eigenvalue weighted by Crippen LogP contribution is 2.41. The Morgan fingerprint density at radius 2 is 2.32 bits per heavy atom. The van der Waals surface area contributed by atoms with Gasteiger partial charge in [-0.3, -0.25) is 4.68 Å². The van der Waals surface area contributed by atoms with E-state index >= 15 is 0 Å². The molecule has 0 bridgehead atoms. The van der Waals surface area contributed by atoms with Crippen molar-refractivity contribution in [3.8, 4) is 5.75 Å². The van der Waals surface area contributed by atoms with Gasteiger partial charge >= 0.3 is 0 Å². The number of rotatable bonds is 4. The first-order chi connectivity index (χ1) is 10.6. The molecule has 2 unspecified atom stereocenters. The molecule has 118 valence electrons. The highest BCUT2D eigenvalue weighted by atomic mass is 35.5. The van der Waals surface area contributed by atoms with Crippen molar-refractivity contribution in [3.05, 3.63) is 46.2 Å². The Balaban J connectivity index is 1.78. The fourth-order valence-electron chi connectivity index (χ4n) is 2.84. The molecule has 1 aromatic heterocycles. The third kappa shape index (κ3) is 3.40. The molecular weight excluding hydrogens is 321 g/mol. The van der Waals surface area contributed by atoms with Crippen LogP contribution in [0.4, 0.5) is 0 Å². The van der Waals surface area contributed by atoms with Crippen LogP contribution in [-0.4, -0.2) is 22.4 Å². The summed E-state index contributed by atoms with van der Waals surface area (Å²) in [5, 5.41) is 8.95. The van der Waals surface area contributed by atoms with Gasteiger partial charge in [0.1, 0.15) is 10.8 Å². The molecule has 1 aliphatic heterocycles. The normalized spacial score (nSPS) is 19.1. The van der Waals surface area contributed by atoms with E-state index in [2.05, 4.69) is 17.3 Å². The highest BCUT2D eigenvalue weighted by molar-refractivity contribution is 6.43. The van der Waals surface area contributed by atoms with Crippen LogP contribution in [0.15, 0.2) is 30.6 Å². The summed E-state index contributed by atoms with van der Waals surface area (Å²) in [7, 11) is 0. The van der Waals surface area contributed by atoms with E-state index in [1.54, 1.807) is 6.20 Å². The molecule has 1 aliphatic rings. The summed E-state index contributed by atoms with van der Waals surface area (Å²) in [5.41, 5.74) is 1.08. The number of nitrogens with zero attached hydrogens (tertiary/aromatic N) is 2. The predicted molar refractivity (Wildman–Crippen MR) is 88.8 cm³/mol. The Kier molecular flexibility index (Phi) is 4.91. The first-order valence-electron chi connectivity index (χ1n) is 7.49. The maximum absolute atomic E-state index is 6.30. The zero-order valence-corrected chi connectivity index (χ0v) is 13.9. The van der Waals surface area contributed by atoms with Gasteiger partial charge in [0.2, 0.25) is 0 Å². The second-order valence-electron chi connectivity index (χ2n) is 5.62. The van der Waals surface area contributed by atoms with E-state index in [9.17, 15) is 0 Å². The number of aromatic nitrogens is 2. The van der Waals surface area contributed by atoms with Crippen molar-refractivity contribution in [2.45, 2.75) is 38.4 Å². The van der Waals surface area contributed by atoms with E-state index < -0.39 is 0 Å². The van der Waals surface area contributed by atoms with Gasteiger partial charge in [-0.25, -0.2) is 0 Å². The van der Waals surface area contributed by atoms with Crippen LogP contribution in [0.25, 0.3) is 0 Å². The van der Waals surface area contributed by atoms with Gasteiger partial charge in [0, 0.05) is 30.0 Å². The van der Waals surface area contributed by atoms with E-state index in [1.807, 2.05) is 29.1 Å². The summed E-state index contributed by atoms with van der Waals surface area (Å²) in [6.07, 6.45) is 5.76. The fraction of sp³-hybridized carbons (Fsp3) is 0.438. The Morgan fingerprint density at radius 3 is 3.09 bits per heavy atom. The van der Waals surface area contributed by atoms with Crippen molar-refractivity contribution >= 4 is 23.2 Å². The lowest BCUT2D eigenvalue weighted by molar-refractivity contribution is 0.313. The molecule has 0 spiro atoms. The molecule has 0 saturated heterocycles. The molecule has 1 aromatic carbocycles. The van der Waals surface area contributed by atoms with Gasteiger partial charge in [0.15, 0.2) is 0 Å². The van der Waals surface area contributed by atoms with Crippen LogP contribution in [0.1, 0.15) is 31.4 Å². The van der Waals surface area contributed by atoms with E-state index in [1.165, 1.54) is 0 Å². The van der Waals surface area contributed by atoms with E-state index in [0.29, 0.717) is 16.7 Å². The Labute approximate surface area is 140 Å². The zero-order valence-electron chi connectivity index (χ0n) is 12.4. The van der Waals surface area contributed by atoms with Crippen LogP contribution in [0.3, 0.4) is 0 Å². The summed E-state index contributed by atoms with van der Waals surface area (Å²) >= 11 is 12.4. The fourth-order valence-corrected chi connectivity index (χ4v) is 3.22. The molecule has 0 amide bonds. The molecule has 22 heavy (non-hydrogen) atoms. The summed E-state index contributed by atoms with van der Waals surface area (Å²) in [5.74, 6) is 0.718. The predicted octanol–water partition coefficient (Wildman–Crippen LogP) is 4.08. The number of halogens is 2. The monoisotopic (exact) mass is 339 g/mol. The maximum Gasteiger partial charge on any atom is 0.144 e. The molecule has 0 fully saturated rings. The Hall–Kier alpha value is -1.23. The van der Waals surface area contributed by atoms with Crippen LogP contribution in [0.5, 0.6) is 5.75 Å². The lowest BCUT2D eigenvalue weighted by Gasteiger charge is -2.23. The third-order valence-corrected chi connectivity index (χ3v) is 4.63. The number of fused-ring (bicyclic) bond motifs is 1. The largest absolute Gasteiger partial charge is 0.492 e. The molecule has 0 saturated carbocycles. The lowest BCUT2D eigenvalue weighted by atomic mass is 10.0. The highest BCUT2D eigenvalue weighted by Gasteiger charge is 2.24. The van der Waals surface area contributed by atoms with Gasteiger partial charge in [-0.15, -0.1) is 0 Å². The van der Waals surface area contributed by atoms with Crippen LogP contribution >= 0.6 is 23.2 Å². The first kappa shape index (κ1) is 15.7. The van der Waals surface area contributed by atoms with Crippen molar-refractivity contribution in [1.82, 2.24) is 15.1 Å². The average molecular weight is 340 g/mol. The van der Waals surface area contributed by atoms with Crippen LogP contribution < -0.4 is 10.1 Å². The molecule has 4 nitrogen and oxygen atoms in total. The molecular formula is C16H19Cl2N3O. The lowest BCUT2D eigenvalue weighted by Crippen LogP contribution is -2.34. The molecule has 2 atom stereocenters. The van der Waals surface area contributed by atoms with Crippen molar-refractivity contribution in [2.24, 2.45) is 0 Å². The number of ether oxygens (including phenoxy) is 1. The summed E-state index contributed by atoms with van der Waals surface area (Å²) in [4.78, 5) is 0. The minimum atomic E-state index is 0.206. The molecule has 2 aromatic rings. The van der Waals surface area contributed by atoms with Crippen LogP contribution in [0.2, 0.25) is 10.0 Å². The third-order valence-electron chi connectivity index (χ3n) is 3.85. The first-order valence-corrected chi connectivity index (χ1v) is 8.25. The quantitative estimate of drug-likeness (QED) is 0.911. The SMILES string of the molecule is CC(Cn1cccn1)NC1CCCOc2c1ccc(Cl)c2Cl. The molecule has 0 aliphatic carbocycles. The maximum atomic E-state index is 6.30. The van der Waals surface area contributed by atoms with Crippen molar-refractivity contribution in [2.75, 3.05) is 6.61 Å². The second kappa shape index (κ2) is 6.90. The zero-order chi connectivity index (χ0) is 15.5. The van der Waals surface area contributed by atoms with Crippen LogP contribution in [-0.2, 0) is 6.54 Å². The Bertz CT molecular complexity index is 631. The summed E-state index contributed by atoms with van der Waals surface area (Å²) in [6, 6.07) is 6.27.